The van der Waals surface area contributed by atoms with Crippen molar-refractivity contribution in [2.75, 3.05) is 0 Å². The first-order valence-electron chi connectivity index (χ1n) is 7.53. The van der Waals surface area contributed by atoms with E-state index >= 15 is 0 Å². The molecule has 6 nitrogen and oxygen atoms in total. The van der Waals surface area contributed by atoms with Crippen molar-refractivity contribution in [3.8, 4) is 0 Å². The highest BCUT2D eigenvalue weighted by atomic mass is 16.3. The molecule has 2 heterocycles. The molecule has 2 unspecified atom stereocenters. The number of nitrogens with one attached hydrogen (secondary N) is 1. The molecule has 2 aromatic heterocycles. The summed E-state index contributed by atoms with van der Waals surface area (Å²) in [6.45, 7) is 1.91. The van der Waals surface area contributed by atoms with Crippen molar-refractivity contribution in [1.29, 1.82) is 0 Å². The van der Waals surface area contributed by atoms with Gasteiger partial charge >= 0.3 is 0 Å². The van der Waals surface area contributed by atoms with Crippen LogP contribution in [-0.2, 0) is 0 Å². The van der Waals surface area contributed by atoms with Gasteiger partial charge < -0.3 is 10.4 Å². The molecule has 1 aliphatic carbocycles. The number of rotatable bonds is 2. The lowest BCUT2D eigenvalue weighted by atomic mass is 9.92. The van der Waals surface area contributed by atoms with Gasteiger partial charge in [-0.05, 0) is 37.5 Å². The van der Waals surface area contributed by atoms with Crippen molar-refractivity contribution >= 4 is 11.6 Å². The van der Waals surface area contributed by atoms with E-state index in [0.29, 0.717) is 12.1 Å². The molecule has 0 spiro atoms. The van der Waals surface area contributed by atoms with Crippen LogP contribution in [0.4, 0.5) is 0 Å². The fourth-order valence-corrected chi connectivity index (χ4v) is 2.86. The molecule has 1 saturated carbocycles. The summed E-state index contributed by atoms with van der Waals surface area (Å²) >= 11 is 0. The first kappa shape index (κ1) is 14.7. The van der Waals surface area contributed by atoms with Crippen LogP contribution in [0.1, 0.15) is 41.6 Å². The lowest BCUT2D eigenvalue weighted by molar-refractivity contribution is 0.0716. The van der Waals surface area contributed by atoms with Crippen molar-refractivity contribution in [2.45, 2.75) is 44.8 Å². The number of aryl methyl sites for hydroxylation is 1. The highest BCUT2D eigenvalue weighted by molar-refractivity contribution is 5.94. The summed E-state index contributed by atoms with van der Waals surface area (Å²) in [6, 6.07) is 3.29. The van der Waals surface area contributed by atoms with Crippen LogP contribution in [0.5, 0.6) is 0 Å². The Balaban J connectivity index is 1.89. The molecule has 1 fully saturated rings. The second-order valence-corrected chi connectivity index (χ2v) is 5.84. The number of nitrogens with zero attached hydrogens (tertiary/aromatic N) is 2. The van der Waals surface area contributed by atoms with Gasteiger partial charge in [0, 0.05) is 12.4 Å². The summed E-state index contributed by atoms with van der Waals surface area (Å²) < 4.78 is 1.36. The van der Waals surface area contributed by atoms with Crippen LogP contribution < -0.4 is 10.9 Å². The molecule has 2 N–H and O–H groups in total. The highest BCUT2D eigenvalue weighted by Crippen LogP contribution is 2.18. The highest BCUT2D eigenvalue weighted by Gasteiger charge is 2.26. The first-order chi connectivity index (χ1) is 10.6. The molecule has 3 rings (SSSR count). The topological polar surface area (TPSA) is 83.7 Å². The molecule has 0 radical (unpaired) electrons. The van der Waals surface area contributed by atoms with Crippen LogP contribution in [-0.4, -0.2) is 32.5 Å². The second kappa shape index (κ2) is 5.88. The lowest BCUT2D eigenvalue weighted by Gasteiger charge is -2.28. The third-order valence-electron chi connectivity index (χ3n) is 4.16. The summed E-state index contributed by atoms with van der Waals surface area (Å²) in [6.07, 6.45) is 5.72. The minimum absolute atomic E-state index is 0.000809. The van der Waals surface area contributed by atoms with Gasteiger partial charge in [0.15, 0.2) is 0 Å². The van der Waals surface area contributed by atoms with E-state index in [1.807, 2.05) is 6.92 Å². The lowest BCUT2D eigenvalue weighted by Crippen LogP contribution is -2.46. The maximum atomic E-state index is 12.4. The Kier molecular flexibility index (Phi) is 3.94. The van der Waals surface area contributed by atoms with Crippen molar-refractivity contribution in [3.63, 3.8) is 0 Å². The number of carbonyl (C=O) groups is 1. The van der Waals surface area contributed by atoms with E-state index in [1.165, 1.54) is 10.6 Å². The summed E-state index contributed by atoms with van der Waals surface area (Å²) in [5.74, 6) is -0.474. The minimum atomic E-state index is -0.545. The number of aliphatic hydroxyl groups excluding tert-OH is 1. The van der Waals surface area contributed by atoms with Crippen LogP contribution >= 0.6 is 0 Å². The standard InChI is InChI=1S/C16H19N3O3/c1-10-6-7-19-14(8-10)17-9-11(16(19)22)15(21)18-12-4-2-3-5-13(12)20/h6-9,12-13,20H,2-5H2,1H3,(H,18,21). The predicted molar refractivity (Wildman–Crippen MR) is 81.9 cm³/mol. The normalized spacial score (nSPS) is 21.7. The molecule has 22 heavy (non-hydrogen) atoms. The van der Waals surface area contributed by atoms with Gasteiger partial charge in [0.25, 0.3) is 11.5 Å². The minimum Gasteiger partial charge on any atom is -0.391 e. The maximum Gasteiger partial charge on any atom is 0.270 e. The molecule has 6 heteroatoms. The maximum absolute atomic E-state index is 12.4. The first-order valence-corrected chi connectivity index (χ1v) is 7.53. The van der Waals surface area contributed by atoms with Crippen LogP contribution in [0, 0.1) is 6.92 Å². The number of carbonyl (C=O) groups excluding carboxylic acids is 1. The van der Waals surface area contributed by atoms with Crippen molar-refractivity contribution in [2.24, 2.45) is 0 Å². The van der Waals surface area contributed by atoms with E-state index < -0.39 is 17.6 Å². The van der Waals surface area contributed by atoms with Crippen molar-refractivity contribution in [1.82, 2.24) is 14.7 Å². The smallest absolute Gasteiger partial charge is 0.270 e. The van der Waals surface area contributed by atoms with Gasteiger partial charge in [0.1, 0.15) is 11.2 Å². The number of aromatic nitrogens is 2. The van der Waals surface area contributed by atoms with Crippen LogP contribution in [0.3, 0.4) is 0 Å². The SMILES string of the molecule is Cc1ccn2c(=O)c(C(=O)NC3CCCCC3O)cnc2c1. The molecule has 2 atom stereocenters. The van der Waals surface area contributed by atoms with Gasteiger partial charge in [0.2, 0.25) is 0 Å². The van der Waals surface area contributed by atoms with Crippen LogP contribution in [0.25, 0.3) is 5.65 Å². The molecule has 1 amide bonds. The number of hydrogen-bond donors (Lipinski definition) is 2. The van der Waals surface area contributed by atoms with Crippen molar-refractivity contribution in [3.05, 3.63) is 46.0 Å². The van der Waals surface area contributed by atoms with Crippen LogP contribution in [0.2, 0.25) is 0 Å². The predicted octanol–water partition coefficient (Wildman–Crippen LogP) is 1.04. The molecular formula is C16H19N3O3. The van der Waals surface area contributed by atoms with Gasteiger partial charge in [-0.25, -0.2) is 4.98 Å². The van der Waals surface area contributed by atoms with Gasteiger partial charge in [-0.1, -0.05) is 12.8 Å². The molecule has 0 aliphatic heterocycles. The van der Waals surface area contributed by atoms with Gasteiger partial charge in [0.05, 0.1) is 12.1 Å². The fourth-order valence-electron chi connectivity index (χ4n) is 2.86. The molecule has 0 bridgehead atoms. The third kappa shape index (κ3) is 2.74. The van der Waals surface area contributed by atoms with E-state index in [0.717, 1.165) is 24.8 Å². The molecule has 0 aromatic carbocycles. The summed E-state index contributed by atoms with van der Waals surface area (Å²) in [5.41, 5.74) is 1.11. The molecule has 116 valence electrons. The summed E-state index contributed by atoms with van der Waals surface area (Å²) in [4.78, 5) is 28.9. The monoisotopic (exact) mass is 301 g/mol. The molecular weight excluding hydrogens is 282 g/mol. The molecule has 1 aliphatic rings. The van der Waals surface area contributed by atoms with Crippen LogP contribution in [0.15, 0.2) is 29.3 Å². The zero-order valence-electron chi connectivity index (χ0n) is 12.5. The Bertz CT molecular complexity index is 769. The molecule has 0 saturated heterocycles. The Hall–Kier alpha value is -2.21. The van der Waals surface area contributed by atoms with E-state index in [1.54, 1.807) is 18.3 Å². The number of amides is 1. The summed E-state index contributed by atoms with van der Waals surface area (Å²) in [7, 11) is 0. The fraction of sp³-hybridized carbons (Fsp3) is 0.438. The Morgan fingerprint density at radius 3 is 2.95 bits per heavy atom. The second-order valence-electron chi connectivity index (χ2n) is 5.84. The zero-order chi connectivity index (χ0) is 15.7. The Morgan fingerprint density at radius 2 is 2.18 bits per heavy atom. The van der Waals surface area contributed by atoms with Gasteiger partial charge in [-0.3, -0.25) is 14.0 Å². The van der Waals surface area contributed by atoms with Gasteiger partial charge in [-0.2, -0.15) is 0 Å². The molecule has 2 aromatic rings. The zero-order valence-corrected chi connectivity index (χ0v) is 12.5. The number of fused-ring (bicyclic) bond motifs is 1. The number of aliphatic hydroxyl groups is 1. The average molecular weight is 301 g/mol. The van der Waals surface area contributed by atoms with Crippen molar-refractivity contribution < 1.29 is 9.90 Å². The Labute approximate surface area is 127 Å². The van der Waals surface area contributed by atoms with E-state index in [9.17, 15) is 14.7 Å². The van der Waals surface area contributed by atoms with E-state index in [4.69, 9.17) is 0 Å². The summed E-state index contributed by atoms with van der Waals surface area (Å²) in [5, 5.41) is 12.7. The van der Waals surface area contributed by atoms with E-state index in [2.05, 4.69) is 10.3 Å². The van der Waals surface area contributed by atoms with E-state index in [-0.39, 0.29) is 11.6 Å². The third-order valence-corrected chi connectivity index (χ3v) is 4.16. The Morgan fingerprint density at radius 1 is 1.41 bits per heavy atom. The van der Waals surface area contributed by atoms with Gasteiger partial charge in [-0.15, -0.1) is 0 Å². The number of hydrogen-bond acceptors (Lipinski definition) is 4. The quantitative estimate of drug-likeness (QED) is 0.868. The average Bonchev–Trinajstić information content (AvgIpc) is 2.49. The largest absolute Gasteiger partial charge is 0.391 e. The number of pyridine rings is 1.